The molecule has 1 atom stereocenters. The highest BCUT2D eigenvalue weighted by Gasteiger charge is 2.29. The molecule has 0 N–H and O–H groups in total. The highest BCUT2D eigenvalue weighted by atomic mass is 16.3. The fourth-order valence-corrected chi connectivity index (χ4v) is 3.24. The molecule has 0 saturated carbocycles. The summed E-state index contributed by atoms with van der Waals surface area (Å²) in [4.78, 5) is 4.83. The molecule has 4 heteroatoms. The maximum atomic E-state index is 5.65. The van der Waals surface area contributed by atoms with Crippen LogP contribution in [0.2, 0.25) is 0 Å². The number of furan rings is 1. The second kappa shape index (κ2) is 5.54. The smallest absolute Gasteiger partial charge is 0.159 e. The summed E-state index contributed by atoms with van der Waals surface area (Å²) in [5.41, 5.74) is 4.51. The van der Waals surface area contributed by atoms with Crippen molar-refractivity contribution in [2.24, 2.45) is 4.99 Å². The number of hydrogen-bond donors (Lipinski definition) is 0. The summed E-state index contributed by atoms with van der Waals surface area (Å²) in [6.07, 6.45) is 3.43. The largest absolute Gasteiger partial charge is 0.467 e. The zero-order valence-electron chi connectivity index (χ0n) is 13.4. The van der Waals surface area contributed by atoms with E-state index in [0.29, 0.717) is 0 Å². The lowest BCUT2D eigenvalue weighted by Crippen LogP contribution is -2.18. The number of aliphatic imine (C=N–C) groups is 1. The summed E-state index contributed by atoms with van der Waals surface area (Å²) in [6.45, 7) is 4.21. The van der Waals surface area contributed by atoms with Gasteiger partial charge in [0.25, 0.3) is 0 Å². The second-order valence-corrected chi connectivity index (χ2v) is 5.89. The molecule has 0 spiro atoms. The van der Waals surface area contributed by atoms with E-state index in [4.69, 9.17) is 14.5 Å². The van der Waals surface area contributed by atoms with Crippen molar-refractivity contribution in [3.05, 3.63) is 60.2 Å². The van der Waals surface area contributed by atoms with Crippen molar-refractivity contribution in [3.63, 3.8) is 0 Å². The Bertz CT molecular complexity index is 844. The number of aryl methyl sites for hydroxylation is 1. The molecule has 0 aliphatic carbocycles. The minimum atomic E-state index is 0.0836. The SMILES string of the molecule is CCc1nn2c(c1-c1ccccc1)N=C(C)C[C@@H]2c1ccco1. The summed E-state index contributed by atoms with van der Waals surface area (Å²) in [6, 6.07) is 14.4. The molecule has 0 saturated heterocycles. The molecule has 0 unspecified atom stereocenters. The van der Waals surface area contributed by atoms with E-state index in [2.05, 4.69) is 38.1 Å². The zero-order valence-corrected chi connectivity index (χ0v) is 13.4. The van der Waals surface area contributed by atoms with Gasteiger partial charge in [0.2, 0.25) is 0 Å². The molecular weight excluding hydrogens is 286 g/mol. The van der Waals surface area contributed by atoms with Gasteiger partial charge in [-0.15, -0.1) is 0 Å². The topological polar surface area (TPSA) is 43.3 Å². The molecule has 4 nitrogen and oxygen atoms in total. The molecule has 23 heavy (non-hydrogen) atoms. The molecule has 1 aliphatic rings. The zero-order chi connectivity index (χ0) is 15.8. The number of benzene rings is 1. The van der Waals surface area contributed by atoms with Crippen molar-refractivity contribution in [1.29, 1.82) is 0 Å². The summed E-state index contributed by atoms with van der Waals surface area (Å²) in [7, 11) is 0. The molecule has 3 aromatic rings. The number of aromatic nitrogens is 2. The van der Waals surface area contributed by atoms with E-state index in [1.165, 1.54) is 5.56 Å². The number of fused-ring (bicyclic) bond motifs is 1. The van der Waals surface area contributed by atoms with Crippen LogP contribution >= 0.6 is 0 Å². The van der Waals surface area contributed by atoms with Crippen LogP contribution in [-0.2, 0) is 6.42 Å². The van der Waals surface area contributed by atoms with Crippen molar-refractivity contribution < 1.29 is 4.42 Å². The van der Waals surface area contributed by atoms with E-state index in [9.17, 15) is 0 Å². The molecule has 0 bridgehead atoms. The fraction of sp³-hybridized carbons (Fsp3) is 0.263. The normalized spacial score (nSPS) is 17.0. The van der Waals surface area contributed by atoms with E-state index in [-0.39, 0.29) is 6.04 Å². The van der Waals surface area contributed by atoms with E-state index >= 15 is 0 Å². The van der Waals surface area contributed by atoms with Gasteiger partial charge in [-0.05, 0) is 31.0 Å². The van der Waals surface area contributed by atoms with Crippen LogP contribution in [0.4, 0.5) is 5.82 Å². The van der Waals surface area contributed by atoms with E-state index < -0.39 is 0 Å². The minimum absolute atomic E-state index is 0.0836. The molecule has 0 radical (unpaired) electrons. The maximum Gasteiger partial charge on any atom is 0.159 e. The molecule has 1 aliphatic heterocycles. The van der Waals surface area contributed by atoms with Gasteiger partial charge in [-0.3, -0.25) is 0 Å². The van der Waals surface area contributed by atoms with Crippen LogP contribution in [0, 0.1) is 0 Å². The number of hydrogen-bond acceptors (Lipinski definition) is 3. The first-order chi connectivity index (χ1) is 11.3. The van der Waals surface area contributed by atoms with Gasteiger partial charge in [0, 0.05) is 17.7 Å². The Kier molecular flexibility index (Phi) is 3.37. The molecular formula is C19H19N3O. The van der Waals surface area contributed by atoms with Gasteiger partial charge in [0.05, 0.1) is 12.0 Å². The van der Waals surface area contributed by atoms with Crippen molar-refractivity contribution in [2.75, 3.05) is 0 Å². The lowest BCUT2D eigenvalue weighted by Gasteiger charge is -2.21. The first-order valence-corrected chi connectivity index (χ1v) is 8.02. The van der Waals surface area contributed by atoms with Crippen LogP contribution < -0.4 is 0 Å². The van der Waals surface area contributed by atoms with Crippen LogP contribution in [0.25, 0.3) is 11.1 Å². The van der Waals surface area contributed by atoms with E-state index in [1.807, 2.05) is 22.9 Å². The minimum Gasteiger partial charge on any atom is -0.467 e. The van der Waals surface area contributed by atoms with Gasteiger partial charge in [-0.25, -0.2) is 9.67 Å². The standard InChI is InChI=1S/C19H19N3O/c1-3-15-18(14-8-5-4-6-9-14)19-20-13(2)12-16(22(19)21-15)17-10-7-11-23-17/h4-11,16H,3,12H2,1-2H3/t16-/m1/s1. The Labute approximate surface area is 135 Å². The van der Waals surface area contributed by atoms with Gasteiger partial charge in [-0.2, -0.15) is 5.10 Å². The lowest BCUT2D eigenvalue weighted by atomic mass is 10.0. The van der Waals surface area contributed by atoms with Gasteiger partial charge in [-0.1, -0.05) is 37.3 Å². The van der Waals surface area contributed by atoms with Crippen LogP contribution in [0.5, 0.6) is 0 Å². The quantitative estimate of drug-likeness (QED) is 0.698. The Hall–Kier alpha value is -2.62. The fourth-order valence-electron chi connectivity index (χ4n) is 3.24. The van der Waals surface area contributed by atoms with Crippen LogP contribution in [-0.4, -0.2) is 15.5 Å². The summed E-state index contributed by atoms with van der Waals surface area (Å²) < 4.78 is 7.69. The Morgan fingerprint density at radius 2 is 2.00 bits per heavy atom. The van der Waals surface area contributed by atoms with Crippen molar-refractivity contribution in [3.8, 4) is 11.1 Å². The lowest BCUT2D eigenvalue weighted by molar-refractivity contribution is 0.408. The average molecular weight is 305 g/mol. The Balaban J connectivity index is 1.94. The molecule has 1 aromatic carbocycles. The summed E-state index contributed by atoms with van der Waals surface area (Å²) in [5.74, 6) is 1.88. The molecule has 3 heterocycles. The van der Waals surface area contributed by atoms with Gasteiger partial charge >= 0.3 is 0 Å². The third-order valence-corrected chi connectivity index (χ3v) is 4.31. The van der Waals surface area contributed by atoms with E-state index in [1.54, 1.807) is 6.26 Å². The predicted octanol–water partition coefficient (Wildman–Crippen LogP) is 4.79. The first-order valence-electron chi connectivity index (χ1n) is 8.02. The van der Waals surface area contributed by atoms with Crippen molar-refractivity contribution >= 4 is 11.5 Å². The average Bonchev–Trinajstić information content (AvgIpc) is 3.22. The van der Waals surface area contributed by atoms with Crippen molar-refractivity contribution in [2.45, 2.75) is 32.7 Å². The van der Waals surface area contributed by atoms with Crippen LogP contribution in [0.15, 0.2) is 58.1 Å². The monoisotopic (exact) mass is 305 g/mol. The van der Waals surface area contributed by atoms with Gasteiger partial charge < -0.3 is 4.42 Å². The highest BCUT2D eigenvalue weighted by Crippen LogP contribution is 2.41. The number of rotatable bonds is 3. The Morgan fingerprint density at radius 3 is 2.70 bits per heavy atom. The predicted molar refractivity (Wildman–Crippen MR) is 91.3 cm³/mol. The second-order valence-electron chi connectivity index (χ2n) is 5.89. The summed E-state index contributed by atoms with van der Waals surface area (Å²) in [5, 5.41) is 4.87. The maximum absolute atomic E-state index is 5.65. The third-order valence-electron chi connectivity index (χ3n) is 4.31. The molecule has 0 fully saturated rings. The molecule has 116 valence electrons. The highest BCUT2D eigenvalue weighted by molar-refractivity contribution is 5.89. The Morgan fingerprint density at radius 1 is 1.17 bits per heavy atom. The van der Waals surface area contributed by atoms with Crippen molar-refractivity contribution in [1.82, 2.24) is 9.78 Å². The van der Waals surface area contributed by atoms with Crippen LogP contribution in [0.1, 0.15) is 37.8 Å². The van der Waals surface area contributed by atoms with Crippen LogP contribution in [0.3, 0.4) is 0 Å². The summed E-state index contributed by atoms with van der Waals surface area (Å²) >= 11 is 0. The first kappa shape index (κ1) is 14.0. The molecule has 4 rings (SSSR count). The number of nitrogens with zero attached hydrogens (tertiary/aromatic N) is 3. The van der Waals surface area contributed by atoms with Gasteiger partial charge in [0.15, 0.2) is 5.82 Å². The third kappa shape index (κ3) is 2.31. The molecule has 2 aromatic heterocycles. The molecule has 0 amide bonds. The van der Waals surface area contributed by atoms with Gasteiger partial charge in [0.1, 0.15) is 11.8 Å². The van der Waals surface area contributed by atoms with E-state index in [0.717, 1.165) is 41.4 Å².